The van der Waals surface area contributed by atoms with Crippen LogP contribution in [0.4, 0.5) is 5.95 Å². The Morgan fingerprint density at radius 1 is 1.25 bits per heavy atom. The molecule has 0 fully saturated rings. The van der Waals surface area contributed by atoms with Crippen molar-refractivity contribution in [3.05, 3.63) is 51.9 Å². The molecule has 0 saturated heterocycles. The molecule has 6 nitrogen and oxygen atoms in total. The Morgan fingerprint density at radius 2 is 2.04 bits per heavy atom. The fourth-order valence-electron chi connectivity index (χ4n) is 2.17. The van der Waals surface area contributed by atoms with Gasteiger partial charge in [0.1, 0.15) is 5.75 Å². The third kappa shape index (κ3) is 6.24. The maximum atomic E-state index is 11.3. The minimum absolute atomic E-state index is 0.208. The van der Waals surface area contributed by atoms with Crippen molar-refractivity contribution in [2.75, 3.05) is 12.0 Å². The molecule has 0 aliphatic heterocycles. The number of aromatic nitrogens is 2. The number of benzene rings is 1. The van der Waals surface area contributed by atoms with Gasteiger partial charge in [-0.15, -0.1) is 0 Å². The van der Waals surface area contributed by atoms with Crippen molar-refractivity contribution < 1.29 is 4.74 Å². The number of hydrogen-bond donors (Lipinski definition) is 2. The number of nitrogens with zero attached hydrogens (tertiary/aromatic N) is 2. The number of anilines is 1. The van der Waals surface area contributed by atoms with Gasteiger partial charge in [-0.2, -0.15) is 5.10 Å². The van der Waals surface area contributed by atoms with Crippen molar-refractivity contribution >= 4 is 12.2 Å². The number of ether oxygens (including phenoxy) is 1. The Labute approximate surface area is 142 Å². The highest BCUT2D eigenvalue weighted by Gasteiger charge is 1.96. The van der Waals surface area contributed by atoms with Gasteiger partial charge in [-0.3, -0.25) is 9.78 Å². The Balaban J connectivity index is 1.81. The van der Waals surface area contributed by atoms with Gasteiger partial charge in [0.2, 0.25) is 5.95 Å². The second-order valence-electron chi connectivity index (χ2n) is 5.58. The van der Waals surface area contributed by atoms with E-state index in [0.29, 0.717) is 11.6 Å². The third-order valence-electron chi connectivity index (χ3n) is 3.40. The molecule has 0 unspecified atom stereocenters. The lowest BCUT2D eigenvalue weighted by Crippen LogP contribution is -2.10. The molecule has 1 aromatic heterocycles. The van der Waals surface area contributed by atoms with E-state index in [1.165, 1.54) is 25.3 Å². The number of aryl methyl sites for hydroxylation is 1. The molecule has 0 amide bonds. The smallest absolute Gasteiger partial charge is 0.252 e. The lowest BCUT2D eigenvalue weighted by Gasteiger charge is -2.06. The van der Waals surface area contributed by atoms with Crippen LogP contribution in [0.1, 0.15) is 43.9 Å². The average Bonchev–Trinajstić information content (AvgIpc) is 2.55. The molecule has 2 N–H and O–H groups in total. The van der Waals surface area contributed by atoms with Gasteiger partial charge in [-0.25, -0.2) is 10.4 Å². The normalized spacial score (nSPS) is 10.9. The first-order chi connectivity index (χ1) is 11.7. The molecule has 1 heterocycles. The highest BCUT2D eigenvalue weighted by atomic mass is 16.5. The largest absolute Gasteiger partial charge is 0.494 e. The van der Waals surface area contributed by atoms with Gasteiger partial charge in [-0.1, -0.05) is 26.2 Å². The molecule has 0 bridgehead atoms. The summed E-state index contributed by atoms with van der Waals surface area (Å²) in [6.45, 7) is 4.70. The van der Waals surface area contributed by atoms with Crippen LogP contribution in [0.5, 0.6) is 5.75 Å². The van der Waals surface area contributed by atoms with E-state index in [9.17, 15) is 4.79 Å². The fraction of sp³-hybridized carbons (Fsp3) is 0.389. The Kier molecular flexibility index (Phi) is 7.01. The van der Waals surface area contributed by atoms with Crippen LogP contribution in [-0.2, 0) is 0 Å². The number of hydrogen-bond acceptors (Lipinski definition) is 5. The monoisotopic (exact) mass is 328 g/mol. The van der Waals surface area contributed by atoms with Crippen LogP contribution in [0.15, 0.2) is 40.2 Å². The summed E-state index contributed by atoms with van der Waals surface area (Å²) >= 11 is 0. The Hall–Kier alpha value is -2.63. The molecule has 0 saturated carbocycles. The van der Waals surface area contributed by atoms with Crippen LogP contribution in [0.2, 0.25) is 0 Å². The predicted octanol–water partition coefficient (Wildman–Crippen LogP) is 3.48. The highest BCUT2D eigenvalue weighted by Crippen LogP contribution is 2.12. The Bertz CT molecular complexity index is 708. The van der Waals surface area contributed by atoms with Gasteiger partial charge in [0.15, 0.2) is 0 Å². The highest BCUT2D eigenvalue weighted by molar-refractivity contribution is 5.80. The summed E-state index contributed by atoms with van der Waals surface area (Å²) in [7, 11) is 0. The van der Waals surface area contributed by atoms with Crippen LogP contribution in [0, 0.1) is 6.92 Å². The molecule has 2 rings (SSSR count). The first-order valence-electron chi connectivity index (χ1n) is 8.27. The molecule has 0 aliphatic carbocycles. The van der Waals surface area contributed by atoms with E-state index in [1.807, 2.05) is 24.3 Å². The molecule has 0 radical (unpaired) electrons. The van der Waals surface area contributed by atoms with E-state index in [0.717, 1.165) is 24.3 Å². The van der Waals surface area contributed by atoms with Gasteiger partial charge in [0.25, 0.3) is 5.56 Å². The van der Waals surface area contributed by atoms with E-state index in [4.69, 9.17) is 4.74 Å². The summed E-state index contributed by atoms with van der Waals surface area (Å²) in [5.74, 6) is 1.18. The predicted molar refractivity (Wildman–Crippen MR) is 96.9 cm³/mol. The van der Waals surface area contributed by atoms with Crippen molar-refractivity contribution in [1.82, 2.24) is 9.97 Å². The molecule has 1 aromatic carbocycles. The third-order valence-corrected chi connectivity index (χ3v) is 3.40. The summed E-state index contributed by atoms with van der Waals surface area (Å²) in [6.07, 6.45) is 6.44. The number of H-pyrrole nitrogens is 1. The molecule has 0 spiro atoms. The van der Waals surface area contributed by atoms with Gasteiger partial charge < -0.3 is 4.74 Å². The maximum absolute atomic E-state index is 11.3. The van der Waals surface area contributed by atoms with E-state index in [-0.39, 0.29) is 5.56 Å². The van der Waals surface area contributed by atoms with Crippen LogP contribution in [0.25, 0.3) is 0 Å². The van der Waals surface area contributed by atoms with Crippen molar-refractivity contribution in [3.63, 3.8) is 0 Å². The van der Waals surface area contributed by atoms with Crippen molar-refractivity contribution in [1.29, 1.82) is 0 Å². The van der Waals surface area contributed by atoms with Crippen LogP contribution < -0.4 is 15.7 Å². The van der Waals surface area contributed by atoms with Gasteiger partial charge in [-0.05, 0) is 43.2 Å². The lowest BCUT2D eigenvalue weighted by atomic mass is 10.2. The van der Waals surface area contributed by atoms with Crippen LogP contribution in [-0.4, -0.2) is 22.8 Å². The minimum Gasteiger partial charge on any atom is -0.494 e. The number of rotatable bonds is 9. The summed E-state index contributed by atoms with van der Waals surface area (Å²) in [4.78, 5) is 18.0. The number of aromatic amines is 1. The van der Waals surface area contributed by atoms with Crippen molar-refractivity contribution in [2.45, 2.75) is 39.5 Å². The molecule has 24 heavy (non-hydrogen) atoms. The zero-order valence-corrected chi connectivity index (χ0v) is 14.2. The zero-order valence-electron chi connectivity index (χ0n) is 14.2. The Morgan fingerprint density at radius 3 is 2.75 bits per heavy atom. The number of nitrogens with one attached hydrogen (secondary N) is 2. The fourth-order valence-corrected chi connectivity index (χ4v) is 2.17. The summed E-state index contributed by atoms with van der Waals surface area (Å²) < 4.78 is 5.70. The molecule has 0 aliphatic rings. The molecular weight excluding hydrogens is 304 g/mol. The zero-order chi connectivity index (χ0) is 17.2. The summed E-state index contributed by atoms with van der Waals surface area (Å²) in [5, 5.41) is 4.07. The van der Waals surface area contributed by atoms with E-state index in [2.05, 4.69) is 27.4 Å². The molecule has 2 aromatic rings. The van der Waals surface area contributed by atoms with Crippen LogP contribution >= 0.6 is 0 Å². The van der Waals surface area contributed by atoms with Crippen molar-refractivity contribution in [2.24, 2.45) is 5.10 Å². The number of hydrazone groups is 1. The summed E-state index contributed by atoms with van der Waals surface area (Å²) in [5.41, 5.74) is 4.07. The van der Waals surface area contributed by atoms with Gasteiger partial charge in [0.05, 0.1) is 12.8 Å². The molecule has 6 heteroatoms. The van der Waals surface area contributed by atoms with Gasteiger partial charge >= 0.3 is 0 Å². The second kappa shape index (κ2) is 9.50. The quantitative estimate of drug-likeness (QED) is 0.419. The number of unbranched alkanes of at least 4 members (excludes halogenated alkanes) is 3. The van der Waals surface area contributed by atoms with Crippen molar-refractivity contribution in [3.8, 4) is 5.75 Å². The second-order valence-corrected chi connectivity index (χ2v) is 5.58. The van der Waals surface area contributed by atoms with Crippen LogP contribution in [0.3, 0.4) is 0 Å². The molecule has 0 atom stereocenters. The minimum atomic E-state index is -0.208. The van der Waals surface area contributed by atoms with E-state index >= 15 is 0 Å². The van der Waals surface area contributed by atoms with E-state index < -0.39 is 0 Å². The maximum Gasteiger partial charge on any atom is 0.252 e. The SMILES string of the molecule is CCCCCCOc1ccc(C=NNc2nc(C)cc(=O)[nH]2)cc1. The first-order valence-corrected chi connectivity index (χ1v) is 8.27. The topological polar surface area (TPSA) is 79.4 Å². The molecular formula is C18H24N4O2. The van der Waals surface area contributed by atoms with E-state index in [1.54, 1.807) is 13.1 Å². The molecule has 128 valence electrons. The average molecular weight is 328 g/mol. The first kappa shape index (κ1) is 17.7. The lowest BCUT2D eigenvalue weighted by molar-refractivity contribution is 0.305. The summed E-state index contributed by atoms with van der Waals surface area (Å²) in [6, 6.07) is 9.13. The standard InChI is InChI=1S/C18H24N4O2/c1-3-4-5-6-11-24-16-9-7-15(8-10-16)13-19-22-18-20-14(2)12-17(23)21-18/h7-10,12-13H,3-6,11H2,1-2H3,(H2,20,21,22,23). The van der Waals surface area contributed by atoms with Gasteiger partial charge in [0, 0.05) is 11.8 Å².